The number of benzene rings is 1. The van der Waals surface area contributed by atoms with Gasteiger partial charge in [0.05, 0.1) is 30.5 Å². The van der Waals surface area contributed by atoms with Crippen LogP contribution in [0.15, 0.2) is 24.3 Å². The second kappa shape index (κ2) is 8.55. The fourth-order valence-corrected chi connectivity index (χ4v) is 4.20. The monoisotopic (exact) mass is 417 g/mol. The molecule has 0 aliphatic carbocycles. The lowest BCUT2D eigenvalue weighted by Gasteiger charge is -2.22. The first-order chi connectivity index (χ1) is 14.5. The molecule has 0 spiro atoms. The molecule has 1 atom stereocenters. The topological polar surface area (TPSA) is 63.6 Å². The van der Waals surface area contributed by atoms with E-state index in [0.29, 0.717) is 36.5 Å². The van der Waals surface area contributed by atoms with Crippen LogP contribution in [0.2, 0.25) is 0 Å². The van der Waals surface area contributed by atoms with Gasteiger partial charge in [0, 0.05) is 31.3 Å². The fraction of sp³-hybridized carbons (Fsp3) is 0.455. The van der Waals surface area contributed by atoms with Crippen LogP contribution >= 0.6 is 0 Å². The Labute approximate surface area is 173 Å². The Morgan fingerprint density at radius 1 is 1.17 bits per heavy atom. The lowest BCUT2D eigenvalue weighted by molar-refractivity contribution is 0.0714. The summed E-state index contributed by atoms with van der Waals surface area (Å²) in [6.07, 6.45) is 2.40. The van der Waals surface area contributed by atoms with Gasteiger partial charge in [-0.15, -0.1) is 0 Å². The van der Waals surface area contributed by atoms with Crippen molar-refractivity contribution < 1.29 is 23.1 Å². The molecule has 1 N–H and O–H groups in total. The number of rotatable bonds is 5. The first-order valence-electron chi connectivity index (χ1n) is 10.3. The minimum atomic E-state index is -0.700. The van der Waals surface area contributed by atoms with Crippen molar-refractivity contribution in [1.29, 1.82) is 0 Å². The smallest absolute Gasteiger partial charge is 0.270 e. The Balaban J connectivity index is 1.62. The van der Waals surface area contributed by atoms with E-state index in [1.54, 1.807) is 6.07 Å². The van der Waals surface area contributed by atoms with Crippen LogP contribution in [0.1, 0.15) is 64.3 Å². The summed E-state index contributed by atoms with van der Waals surface area (Å²) in [5.41, 5.74) is 1.72. The van der Waals surface area contributed by atoms with E-state index in [-0.39, 0.29) is 18.1 Å². The predicted molar refractivity (Wildman–Crippen MR) is 106 cm³/mol. The van der Waals surface area contributed by atoms with E-state index < -0.39 is 23.6 Å². The molecule has 1 saturated heterocycles. The van der Waals surface area contributed by atoms with Crippen LogP contribution in [0.25, 0.3) is 0 Å². The first-order valence-corrected chi connectivity index (χ1v) is 10.3. The highest BCUT2D eigenvalue weighted by Gasteiger charge is 2.30. The summed E-state index contributed by atoms with van der Waals surface area (Å²) in [6, 6.07) is 4.34. The zero-order chi connectivity index (χ0) is 21.3. The Hall–Kier alpha value is -2.74. The molecule has 0 radical (unpaired) electrons. The number of amides is 2. The van der Waals surface area contributed by atoms with Gasteiger partial charge in [-0.1, -0.05) is 13.0 Å². The maximum absolute atomic E-state index is 14.2. The third-order valence-corrected chi connectivity index (χ3v) is 5.82. The van der Waals surface area contributed by atoms with Crippen LogP contribution in [-0.4, -0.2) is 41.0 Å². The van der Waals surface area contributed by atoms with E-state index in [1.165, 1.54) is 12.1 Å². The zero-order valence-electron chi connectivity index (χ0n) is 16.9. The predicted octanol–water partition coefficient (Wildman–Crippen LogP) is 3.41. The number of hydrogen-bond acceptors (Lipinski definition) is 3. The number of fused-ring (bicyclic) bond motifs is 1. The molecule has 4 rings (SSSR count). The molecule has 2 aromatic rings. The Kier molecular flexibility index (Phi) is 5.85. The highest BCUT2D eigenvalue weighted by molar-refractivity contribution is 6.01. The van der Waals surface area contributed by atoms with Gasteiger partial charge in [-0.3, -0.25) is 9.59 Å². The largest absolute Gasteiger partial charge is 0.373 e. The number of nitrogens with one attached hydrogen (secondary N) is 1. The van der Waals surface area contributed by atoms with Crippen molar-refractivity contribution in [2.24, 2.45) is 0 Å². The zero-order valence-corrected chi connectivity index (χ0v) is 16.9. The number of hydrogen-bond donors (Lipinski definition) is 1. The average molecular weight is 417 g/mol. The summed E-state index contributed by atoms with van der Waals surface area (Å²) >= 11 is 0. The van der Waals surface area contributed by atoms with Crippen LogP contribution in [-0.2, 0) is 17.9 Å². The van der Waals surface area contributed by atoms with Crippen molar-refractivity contribution in [2.45, 2.75) is 45.4 Å². The summed E-state index contributed by atoms with van der Waals surface area (Å²) in [7, 11) is 0. The van der Waals surface area contributed by atoms with Crippen molar-refractivity contribution >= 4 is 11.8 Å². The Bertz CT molecular complexity index is 967. The molecule has 1 aromatic carbocycles. The molecular weight excluding hydrogens is 392 g/mol. The van der Waals surface area contributed by atoms with Crippen LogP contribution in [0, 0.1) is 11.6 Å². The molecule has 0 unspecified atom stereocenters. The average Bonchev–Trinajstić information content (AvgIpc) is 3.40. The van der Waals surface area contributed by atoms with Gasteiger partial charge in [-0.05, 0) is 31.4 Å². The molecule has 160 valence electrons. The van der Waals surface area contributed by atoms with Gasteiger partial charge >= 0.3 is 0 Å². The molecule has 0 saturated carbocycles. The van der Waals surface area contributed by atoms with Gasteiger partial charge in [-0.2, -0.15) is 0 Å². The van der Waals surface area contributed by atoms with Crippen LogP contribution in [0.4, 0.5) is 8.78 Å². The van der Waals surface area contributed by atoms with Crippen LogP contribution in [0.3, 0.4) is 0 Å². The number of halogens is 2. The number of carbonyl (C=O) groups excluding carboxylic acids is 2. The number of ether oxygens (including phenoxy) is 1. The highest BCUT2D eigenvalue weighted by atomic mass is 19.1. The van der Waals surface area contributed by atoms with Gasteiger partial charge in [0.1, 0.15) is 17.3 Å². The normalized spacial score (nSPS) is 17.0. The van der Waals surface area contributed by atoms with Gasteiger partial charge in [0.25, 0.3) is 11.8 Å². The highest BCUT2D eigenvalue weighted by Crippen LogP contribution is 2.26. The van der Waals surface area contributed by atoms with E-state index in [0.717, 1.165) is 32.0 Å². The Morgan fingerprint density at radius 3 is 2.63 bits per heavy atom. The molecule has 3 heterocycles. The number of carbonyl (C=O) groups is 2. The van der Waals surface area contributed by atoms with Crippen LogP contribution in [0.5, 0.6) is 0 Å². The molecule has 30 heavy (non-hydrogen) atoms. The second-order valence-electron chi connectivity index (χ2n) is 7.69. The van der Waals surface area contributed by atoms with Gasteiger partial charge in [0.15, 0.2) is 0 Å². The SMILES string of the molecule is CC[C@@H](NC(=O)c1cc(C(=O)N2CCCC2)n2c1COCC2)c1ccc(F)cc1F. The van der Waals surface area contributed by atoms with E-state index in [9.17, 15) is 18.4 Å². The molecule has 8 heteroatoms. The van der Waals surface area contributed by atoms with Gasteiger partial charge < -0.3 is 19.5 Å². The van der Waals surface area contributed by atoms with Crippen molar-refractivity contribution in [1.82, 2.24) is 14.8 Å². The standard InChI is InChI=1S/C22H25F2N3O3/c1-2-18(15-6-5-14(23)11-17(15)24)25-21(28)16-12-19(22(29)26-7-3-4-8-26)27-9-10-30-13-20(16)27/h5-6,11-12,18H,2-4,7-10,13H2,1H3,(H,25,28)/t18-/m1/s1. The quantitative estimate of drug-likeness (QED) is 0.811. The van der Waals surface area contributed by atoms with Crippen molar-refractivity contribution in [3.63, 3.8) is 0 Å². The van der Waals surface area contributed by atoms with Crippen molar-refractivity contribution in [2.75, 3.05) is 19.7 Å². The minimum absolute atomic E-state index is 0.0775. The molecule has 1 fully saturated rings. The number of likely N-dealkylation sites (tertiary alicyclic amines) is 1. The third-order valence-electron chi connectivity index (χ3n) is 5.82. The third kappa shape index (κ3) is 3.84. The lowest BCUT2D eigenvalue weighted by Crippen LogP contribution is -2.31. The molecule has 6 nitrogen and oxygen atoms in total. The van der Waals surface area contributed by atoms with Gasteiger partial charge in [-0.25, -0.2) is 8.78 Å². The van der Waals surface area contributed by atoms with Crippen molar-refractivity contribution in [3.05, 3.63) is 58.4 Å². The number of aromatic nitrogens is 1. The Morgan fingerprint density at radius 2 is 1.93 bits per heavy atom. The molecule has 2 amide bonds. The minimum Gasteiger partial charge on any atom is -0.373 e. The van der Waals surface area contributed by atoms with E-state index >= 15 is 0 Å². The molecule has 2 aliphatic heterocycles. The molecular formula is C22H25F2N3O3. The summed E-state index contributed by atoms with van der Waals surface area (Å²) in [5, 5.41) is 2.84. The second-order valence-corrected chi connectivity index (χ2v) is 7.69. The van der Waals surface area contributed by atoms with Crippen LogP contribution < -0.4 is 5.32 Å². The molecule has 0 bridgehead atoms. The molecule has 2 aliphatic rings. The summed E-state index contributed by atoms with van der Waals surface area (Å²) < 4.78 is 34.9. The fourth-order valence-electron chi connectivity index (χ4n) is 4.20. The first kappa shape index (κ1) is 20.5. The van der Waals surface area contributed by atoms with E-state index in [1.807, 2.05) is 16.4 Å². The maximum atomic E-state index is 14.2. The lowest BCUT2D eigenvalue weighted by atomic mass is 10.0. The summed E-state index contributed by atoms with van der Waals surface area (Å²) in [5.74, 6) is -1.85. The van der Waals surface area contributed by atoms with Crippen molar-refractivity contribution in [3.8, 4) is 0 Å². The summed E-state index contributed by atoms with van der Waals surface area (Å²) in [4.78, 5) is 27.9. The van der Waals surface area contributed by atoms with Gasteiger partial charge in [0.2, 0.25) is 0 Å². The summed E-state index contributed by atoms with van der Waals surface area (Å²) in [6.45, 7) is 4.47. The number of nitrogens with zero attached hydrogens (tertiary/aromatic N) is 2. The maximum Gasteiger partial charge on any atom is 0.270 e. The molecule has 1 aromatic heterocycles. The van der Waals surface area contributed by atoms with E-state index in [4.69, 9.17) is 4.74 Å². The van der Waals surface area contributed by atoms with E-state index in [2.05, 4.69) is 5.32 Å².